The van der Waals surface area contributed by atoms with Crippen LogP contribution in [0.1, 0.15) is 47.4 Å². The van der Waals surface area contributed by atoms with Gasteiger partial charge in [-0.3, -0.25) is 9.78 Å². The van der Waals surface area contributed by atoms with Gasteiger partial charge in [0.1, 0.15) is 0 Å². The van der Waals surface area contributed by atoms with Crippen molar-refractivity contribution < 1.29 is 4.79 Å². The highest BCUT2D eigenvalue weighted by Gasteiger charge is 2.19. The highest BCUT2D eigenvalue weighted by molar-refractivity contribution is 5.94. The van der Waals surface area contributed by atoms with E-state index in [1.807, 2.05) is 67.7 Å². The van der Waals surface area contributed by atoms with Crippen LogP contribution in [0.3, 0.4) is 0 Å². The molecule has 0 aliphatic carbocycles. The molecule has 0 spiro atoms. The predicted molar refractivity (Wildman–Crippen MR) is 125 cm³/mol. The molecular weight excluding hydrogens is 384 g/mol. The summed E-state index contributed by atoms with van der Waals surface area (Å²) < 4.78 is 0. The summed E-state index contributed by atoms with van der Waals surface area (Å²) in [5, 5.41) is 6.70. The van der Waals surface area contributed by atoms with Crippen LogP contribution in [0.2, 0.25) is 0 Å². The molecule has 1 fully saturated rings. The molecule has 0 saturated carbocycles. The quantitative estimate of drug-likeness (QED) is 0.604. The summed E-state index contributed by atoms with van der Waals surface area (Å²) in [6.45, 7) is 4.84. The Kier molecular flexibility index (Phi) is 6.95. The van der Waals surface area contributed by atoms with Gasteiger partial charge in [0.25, 0.3) is 5.91 Å². The molecule has 31 heavy (non-hydrogen) atoms. The van der Waals surface area contributed by atoms with E-state index in [9.17, 15) is 4.79 Å². The fraction of sp³-hybridized carbons (Fsp3) is 0.308. The molecule has 0 radical (unpaired) electrons. The molecular formula is C26H30N4O. The van der Waals surface area contributed by atoms with Crippen molar-refractivity contribution in [2.24, 2.45) is 0 Å². The highest BCUT2D eigenvalue weighted by Crippen LogP contribution is 2.21. The number of nitrogens with one attached hydrogen (secondary N) is 2. The van der Waals surface area contributed by atoms with E-state index in [0.29, 0.717) is 11.6 Å². The maximum Gasteiger partial charge on any atom is 0.251 e. The smallest absolute Gasteiger partial charge is 0.251 e. The van der Waals surface area contributed by atoms with Crippen LogP contribution in [0.4, 0.5) is 5.69 Å². The summed E-state index contributed by atoms with van der Waals surface area (Å²) >= 11 is 0. The van der Waals surface area contributed by atoms with Crippen molar-refractivity contribution in [1.29, 1.82) is 0 Å². The number of amides is 1. The van der Waals surface area contributed by atoms with E-state index >= 15 is 0 Å². The minimum atomic E-state index is -0.0414. The summed E-state index contributed by atoms with van der Waals surface area (Å²) in [5.41, 5.74) is 4.06. The second-order valence-electron chi connectivity index (χ2n) is 8.12. The Balaban J connectivity index is 1.26. The number of aromatic nitrogens is 1. The summed E-state index contributed by atoms with van der Waals surface area (Å²) in [4.78, 5) is 19.4. The van der Waals surface area contributed by atoms with Crippen LogP contribution in [0.15, 0.2) is 79.0 Å². The van der Waals surface area contributed by atoms with Gasteiger partial charge in [-0.1, -0.05) is 36.4 Å². The van der Waals surface area contributed by atoms with Crippen LogP contribution >= 0.6 is 0 Å². The predicted octanol–water partition coefficient (Wildman–Crippen LogP) is 4.33. The molecule has 2 heterocycles. The maximum atomic E-state index is 12.6. The van der Waals surface area contributed by atoms with E-state index in [1.165, 1.54) is 5.69 Å². The van der Waals surface area contributed by atoms with Crippen molar-refractivity contribution in [3.8, 4) is 0 Å². The topological polar surface area (TPSA) is 57.3 Å². The van der Waals surface area contributed by atoms with E-state index < -0.39 is 0 Å². The van der Waals surface area contributed by atoms with Crippen LogP contribution in [-0.4, -0.2) is 30.0 Å². The average molecular weight is 415 g/mol. The molecule has 1 saturated heterocycles. The fourth-order valence-electron chi connectivity index (χ4n) is 4.02. The third-order valence-electron chi connectivity index (χ3n) is 5.93. The van der Waals surface area contributed by atoms with Crippen molar-refractivity contribution in [2.75, 3.05) is 18.0 Å². The Hall–Kier alpha value is -3.18. The molecule has 5 nitrogen and oxygen atoms in total. The average Bonchev–Trinajstić information content (AvgIpc) is 2.84. The SMILES string of the molecule is CC(NC(=O)c1ccc(N2CCC(NCc3ccccn3)CC2)cc1)c1ccccc1. The first-order valence-electron chi connectivity index (χ1n) is 11.0. The van der Waals surface area contributed by atoms with Gasteiger partial charge in [0.2, 0.25) is 0 Å². The fourth-order valence-corrected chi connectivity index (χ4v) is 4.02. The van der Waals surface area contributed by atoms with Gasteiger partial charge >= 0.3 is 0 Å². The molecule has 2 N–H and O–H groups in total. The van der Waals surface area contributed by atoms with E-state index in [2.05, 4.69) is 38.7 Å². The first-order valence-corrected chi connectivity index (χ1v) is 11.0. The molecule has 1 aromatic heterocycles. The molecule has 3 aromatic rings. The van der Waals surface area contributed by atoms with Crippen molar-refractivity contribution in [3.05, 3.63) is 95.8 Å². The molecule has 1 aliphatic heterocycles. The Labute approximate surface area is 184 Å². The maximum absolute atomic E-state index is 12.6. The summed E-state index contributed by atoms with van der Waals surface area (Å²) in [6.07, 6.45) is 4.04. The minimum absolute atomic E-state index is 0.0222. The van der Waals surface area contributed by atoms with Crippen LogP contribution in [0, 0.1) is 0 Å². The number of carbonyl (C=O) groups excluding carboxylic acids is 1. The second kappa shape index (κ2) is 10.2. The van der Waals surface area contributed by atoms with Crippen molar-refractivity contribution in [1.82, 2.24) is 15.6 Å². The lowest BCUT2D eigenvalue weighted by Crippen LogP contribution is -2.42. The number of nitrogens with zero attached hydrogens (tertiary/aromatic N) is 2. The highest BCUT2D eigenvalue weighted by atomic mass is 16.1. The minimum Gasteiger partial charge on any atom is -0.371 e. The number of piperidine rings is 1. The van der Waals surface area contributed by atoms with Crippen LogP contribution in [-0.2, 0) is 6.54 Å². The van der Waals surface area contributed by atoms with Crippen LogP contribution in [0.25, 0.3) is 0 Å². The lowest BCUT2D eigenvalue weighted by molar-refractivity contribution is 0.0940. The second-order valence-corrected chi connectivity index (χ2v) is 8.12. The molecule has 1 unspecified atom stereocenters. The standard InChI is InChI=1S/C26H30N4O/c1-20(21-7-3-2-4-8-21)29-26(31)22-10-12-25(13-11-22)30-17-14-23(15-18-30)28-19-24-9-5-6-16-27-24/h2-13,16,20,23,28H,14-15,17-19H2,1H3,(H,29,31). The summed E-state index contributed by atoms with van der Waals surface area (Å²) in [6, 6.07) is 24.5. The normalized spacial score (nSPS) is 15.5. The Morgan fingerprint density at radius 2 is 1.71 bits per heavy atom. The number of hydrogen-bond acceptors (Lipinski definition) is 4. The number of benzene rings is 2. The van der Waals surface area contributed by atoms with Gasteiger partial charge in [-0.15, -0.1) is 0 Å². The third-order valence-corrected chi connectivity index (χ3v) is 5.93. The molecule has 1 amide bonds. The number of pyridine rings is 1. The van der Waals surface area contributed by atoms with E-state index in [4.69, 9.17) is 0 Å². The largest absolute Gasteiger partial charge is 0.371 e. The first-order chi connectivity index (χ1) is 15.2. The van der Waals surface area contributed by atoms with Crippen molar-refractivity contribution in [2.45, 2.75) is 38.4 Å². The van der Waals surface area contributed by atoms with E-state index in [-0.39, 0.29) is 11.9 Å². The van der Waals surface area contributed by atoms with Gasteiger partial charge < -0.3 is 15.5 Å². The van der Waals surface area contributed by atoms with Gasteiger partial charge in [-0.05, 0) is 61.7 Å². The molecule has 2 aromatic carbocycles. The molecule has 160 valence electrons. The van der Waals surface area contributed by atoms with E-state index in [0.717, 1.165) is 43.7 Å². The van der Waals surface area contributed by atoms with Crippen LogP contribution < -0.4 is 15.5 Å². The Morgan fingerprint density at radius 1 is 1.00 bits per heavy atom. The molecule has 4 rings (SSSR count). The van der Waals surface area contributed by atoms with Gasteiger partial charge in [-0.25, -0.2) is 0 Å². The number of hydrogen-bond donors (Lipinski definition) is 2. The van der Waals surface area contributed by atoms with E-state index in [1.54, 1.807) is 0 Å². The molecule has 1 aliphatic rings. The third kappa shape index (κ3) is 5.70. The summed E-state index contributed by atoms with van der Waals surface area (Å²) in [7, 11) is 0. The molecule has 5 heteroatoms. The number of anilines is 1. The monoisotopic (exact) mass is 414 g/mol. The van der Waals surface area contributed by atoms with Crippen LogP contribution in [0.5, 0.6) is 0 Å². The lowest BCUT2D eigenvalue weighted by atomic mass is 10.0. The lowest BCUT2D eigenvalue weighted by Gasteiger charge is -2.34. The van der Waals surface area contributed by atoms with Gasteiger partial charge in [0.15, 0.2) is 0 Å². The number of carbonyl (C=O) groups is 1. The van der Waals surface area contributed by atoms with Crippen molar-refractivity contribution >= 4 is 11.6 Å². The number of rotatable bonds is 7. The zero-order chi connectivity index (χ0) is 21.5. The molecule has 1 atom stereocenters. The van der Waals surface area contributed by atoms with Gasteiger partial charge in [0.05, 0.1) is 11.7 Å². The Bertz CT molecular complexity index is 952. The summed E-state index contributed by atoms with van der Waals surface area (Å²) in [5.74, 6) is -0.0414. The first kappa shape index (κ1) is 21.1. The molecule has 0 bridgehead atoms. The zero-order valence-electron chi connectivity index (χ0n) is 18.0. The van der Waals surface area contributed by atoms with Gasteiger partial charge in [0, 0.05) is 43.1 Å². The van der Waals surface area contributed by atoms with Crippen molar-refractivity contribution in [3.63, 3.8) is 0 Å². The zero-order valence-corrected chi connectivity index (χ0v) is 18.0. The Morgan fingerprint density at radius 3 is 2.39 bits per heavy atom. The van der Waals surface area contributed by atoms with Gasteiger partial charge in [-0.2, -0.15) is 0 Å².